The van der Waals surface area contributed by atoms with E-state index in [1.807, 2.05) is 32.0 Å². The van der Waals surface area contributed by atoms with Crippen LogP contribution in [-0.4, -0.2) is 21.5 Å². The van der Waals surface area contributed by atoms with Gasteiger partial charge < -0.3 is 14.0 Å². The Morgan fingerprint density at radius 1 is 1.07 bits per heavy atom. The molecule has 2 aromatic carbocycles. The van der Waals surface area contributed by atoms with Gasteiger partial charge in [0.2, 0.25) is 0 Å². The number of rotatable bonds is 7. The standard InChI is InChI=1S/C34H34N2O5/c1-5-23-24-16-22(41-30(37)9-7-8-21-12-10-20(3)11-13-21)14-15-28(24)35-31-25(23)18-36-29(31)17-27-26(32(36)38)19-40-33(39)34(27,4)6-2/h10-17H,5-9,18-19H2,1-4H3/t34-/m1/s1. The fourth-order valence-corrected chi connectivity index (χ4v) is 6.15. The molecule has 0 saturated carbocycles. The number of aromatic nitrogens is 2. The van der Waals surface area contributed by atoms with Crippen molar-refractivity contribution in [2.24, 2.45) is 0 Å². The van der Waals surface area contributed by atoms with Crippen LogP contribution in [0.5, 0.6) is 5.75 Å². The van der Waals surface area contributed by atoms with E-state index in [2.05, 4.69) is 38.1 Å². The van der Waals surface area contributed by atoms with Crippen LogP contribution < -0.4 is 10.3 Å². The molecule has 0 N–H and O–H groups in total. The van der Waals surface area contributed by atoms with E-state index in [1.54, 1.807) is 10.6 Å². The highest BCUT2D eigenvalue weighted by molar-refractivity contribution is 5.90. The number of hydrogen-bond donors (Lipinski definition) is 0. The largest absolute Gasteiger partial charge is 0.460 e. The SMILES string of the molecule is CCc1c2c(nc3ccc(OC(=O)CCCc4ccc(C)cc4)cc13)-c1cc3c(c(=O)n1C2)COC(=O)[C@]3(C)CC. The number of fused-ring (bicyclic) bond motifs is 5. The first-order chi connectivity index (χ1) is 19.7. The zero-order valence-electron chi connectivity index (χ0n) is 24.0. The van der Waals surface area contributed by atoms with E-state index >= 15 is 0 Å². The van der Waals surface area contributed by atoms with E-state index < -0.39 is 5.41 Å². The zero-order valence-corrected chi connectivity index (χ0v) is 24.0. The molecule has 0 amide bonds. The summed E-state index contributed by atoms with van der Waals surface area (Å²) >= 11 is 0. The maximum Gasteiger partial charge on any atom is 0.316 e. The van der Waals surface area contributed by atoms with Crippen molar-refractivity contribution in [2.75, 3.05) is 0 Å². The molecule has 7 heteroatoms. The Labute approximate surface area is 239 Å². The van der Waals surface area contributed by atoms with E-state index in [4.69, 9.17) is 14.5 Å². The van der Waals surface area contributed by atoms with Gasteiger partial charge in [-0.1, -0.05) is 43.7 Å². The molecule has 2 aromatic heterocycles. The minimum Gasteiger partial charge on any atom is -0.460 e. The molecule has 6 rings (SSSR count). The second kappa shape index (κ2) is 10.3. The lowest BCUT2D eigenvalue weighted by Crippen LogP contribution is -2.42. The smallest absolute Gasteiger partial charge is 0.316 e. The summed E-state index contributed by atoms with van der Waals surface area (Å²) in [6, 6.07) is 15.9. The van der Waals surface area contributed by atoms with Gasteiger partial charge in [-0.15, -0.1) is 0 Å². The van der Waals surface area contributed by atoms with Crippen molar-refractivity contribution < 1.29 is 19.1 Å². The molecule has 2 aliphatic heterocycles. The lowest BCUT2D eigenvalue weighted by atomic mass is 9.76. The third-order valence-electron chi connectivity index (χ3n) is 8.79. The predicted octanol–water partition coefficient (Wildman–Crippen LogP) is 5.95. The fraction of sp³-hybridized carbons (Fsp3) is 0.353. The van der Waals surface area contributed by atoms with E-state index in [0.29, 0.717) is 30.7 Å². The molecule has 0 saturated heterocycles. The van der Waals surface area contributed by atoms with Crippen LogP contribution in [0.4, 0.5) is 0 Å². The Balaban J connectivity index is 1.30. The molecule has 0 spiro atoms. The van der Waals surface area contributed by atoms with E-state index in [0.717, 1.165) is 58.2 Å². The number of benzene rings is 2. The Kier molecular flexibility index (Phi) is 6.76. The highest BCUT2D eigenvalue weighted by atomic mass is 16.5. The van der Waals surface area contributed by atoms with Gasteiger partial charge in [0.05, 0.1) is 34.4 Å². The third-order valence-corrected chi connectivity index (χ3v) is 8.79. The van der Waals surface area contributed by atoms with E-state index in [1.165, 1.54) is 11.1 Å². The zero-order chi connectivity index (χ0) is 28.9. The van der Waals surface area contributed by atoms with Crippen molar-refractivity contribution in [1.29, 1.82) is 0 Å². The summed E-state index contributed by atoms with van der Waals surface area (Å²) in [6.07, 6.45) is 3.14. The number of ether oxygens (including phenoxy) is 2. The lowest BCUT2D eigenvalue weighted by molar-refractivity contribution is -0.153. The average Bonchev–Trinajstić information content (AvgIpc) is 3.33. The van der Waals surface area contributed by atoms with Gasteiger partial charge in [0.15, 0.2) is 0 Å². The van der Waals surface area contributed by atoms with Crippen molar-refractivity contribution in [2.45, 2.75) is 78.4 Å². The average molecular weight is 551 g/mol. The quantitative estimate of drug-likeness (QED) is 0.184. The van der Waals surface area contributed by atoms with Crippen LogP contribution in [0.2, 0.25) is 0 Å². The Morgan fingerprint density at radius 3 is 2.59 bits per heavy atom. The molecule has 0 bridgehead atoms. The van der Waals surface area contributed by atoms with Crippen LogP contribution in [0.1, 0.15) is 73.4 Å². The number of aryl methyl sites for hydroxylation is 3. The molecule has 4 heterocycles. The molecule has 4 aromatic rings. The summed E-state index contributed by atoms with van der Waals surface area (Å²) in [6.45, 7) is 8.32. The van der Waals surface area contributed by atoms with Gasteiger partial charge in [-0.3, -0.25) is 14.4 Å². The van der Waals surface area contributed by atoms with Crippen molar-refractivity contribution in [3.63, 3.8) is 0 Å². The topological polar surface area (TPSA) is 87.5 Å². The number of cyclic esters (lactones) is 1. The first-order valence-electron chi connectivity index (χ1n) is 14.4. The predicted molar refractivity (Wildman–Crippen MR) is 157 cm³/mol. The van der Waals surface area contributed by atoms with Crippen molar-refractivity contribution >= 4 is 22.8 Å². The first kappa shape index (κ1) is 26.9. The maximum absolute atomic E-state index is 13.6. The van der Waals surface area contributed by atoms with Gasteiger partial charge in [-0.25, -0.2) is 4.98 Å². The number of carbonyl (C=O) groups excluding carboxylic acids is 2. The summed E-state index contributed by atoms with van der Waals surface area (Å²) in [5, 5.41) is 0.915. The molecule has 210 valence electrons. The molecule has 0 aliphatic carbocycles. The molecule has 7 nitrogen and oxygen atoms in total. The molecular formula is C34H34N2O5. The van der Waals surface area contributed by atoms with Crippen LogP contribution >= 0.6 is 0 Å². The molecule has 2 aliphatic rings. The number of nitrogens with zero attached hydrogens (tertiary/aromatic N) is 2. The van der Waals surface area contributed by atoms with Crippen LogP contribution in [0.25, 0.3) is 22.3 Å². The van der Waals surface area contributed by atoms with Crippen LogP contribution in [0, 0.1) is 6.92 Å². The number of hydrogen-bond acceptors (Lipinski definition) is 6. The number of esters is 2. The monoisotopic (exact) mass is 550 g/mol. The summed E-state index contributed by atoms with van der Waals surface area (Å²) < 4.78 is 12.9. The van der Waals surface area contributed by atoms with E-state index in [-0.39, 0.29) is 24.1 Å². The molecular weight excluding hydrogens is 516 g/mol. The second-order valence-corrected chi connectivity index (χ2v) is 11.3. The highest BCUT2D eigenvalue weighted by Gasteiger charge is 2.43. The Bertz CT molecular complexity index is 1770. The fourth-order valence-electron chi connectivity index (χ4n) is 6.15. The summed E-state index contributed by atoms with van der Waals surface area (Å²) in [4.78, 5) is 44.0. The molecule has 1 atom stereocenters. The van der Waals surface area contributed by atoms with E-state index in [9.17, 15) is 14.4 Å². The molecule has 0 radical (unpaired) electrons. The second-order valence-electron chi connectivity index (χ2n) is 11.3. The van der Waals surface area contributed by atoms with Crippen LogP contribution in [-0.2, 0) is 45.7 Å². The van der Waals surface area contributed by atoms with Crippen LogP contribution in [0.15, 0.2) is 53.3 Å². The number of carbonyl (C=O) groups is 2. The minimum absolute atomic E-state index is 0.00496. The van der Waals surface area contributed by atoms with Gasteiger partial charge >= 0.3 is 11.9 Å². The molecule has 0 fully saturated rings. The Hall–Kier alpha value is -4.26. The summed E-state index contributed by atoms with van der Waals surface area (Å²) in [5.41, 5.74) is 7.07. The van der Waals surface area contributed by atoms with Crippen LogP contribution in [0.3, 0.4) is 0 Å². The maximum atomic E-state index is 13.6. The van der Waals surface area contributed by atoms with Crippen molar-refractivity contribution in [1.82, 2.24) is 9.55 Å². The van der Waals surface area contributed by atoms with Gasteiger partial charge in [0.1, 0.15) is 12.4 Å². The third kappa shape index (κ3) is 4.53. The first-order valence-corrected chi connectivity index (χ1v) is 14.4. The highest BCUT2D eigenvalue weighted by Crippen LogP contribution is 2.41. The lowest BCUT2D eigenvalue weighted by Gasteiger charge is -2.33. The molecule has 41 heavy (non-hydrogen) atoms. The Morgan fingerprint density at radius 2 is 1.85 bits per heavy atom. The van der Waals surface area contributed by atoms with Gasteiger partial charge in [-0.05, 0) is 80.5 Å². The van der Waals surface area contributed by atoms with Gasteiger partial charge in [0.25, 0.3) is 5.56 Å². The minimum atomic E-state index is -0.867. The van der Waals surface area contributed by atoms with Gasteiger partial charge in [-0.2, -0.15) is 0 Å². The normalized spacial score (nSPS) is 17.1. The summed E-state index contributed by atoms with van der Waals surface area (Å²) in [7, 11) is 0. The number of pyridine rings is 2. The molecule has 0 unspecified atom stereocenters. The summed E-state index contributed by atoms with van der Waals surface area (Å²) in [5.74, 6) is -0.0660. The van der Waals surface area contributed by atoms with Gasteiger partial charge in [0, 0.05) is 17.4 Å². The van der Waals surface area contributed by atoms with Crippen molar-refractivity contribution in [3.05, 3.63) is 92.3 Å². The van der Waals surface area contributed by atoms with Crippen molar-refractivity contribution in [3.8, 4) is 17.1 Å².